The number of aromatic nitrogens is 1. The van der Waals surface area contributed by atoms with Gasteiger partial charge in [0, 0.05) is 12.3 Å². The van der Waals surface area contributed by atoms with Crippen LogP contribution in [0.25, 0.3) is 0 Å². The van der Waals surface area contributed by atoms with Crippen molar-refractivity contribution in [2.75, 3.05) is 13.7 Å². The molecule has 1 aromatic heterocycles. The van der Waals surface area contributed by atoms with Crippen LogP contribution >= 0.6 is 0 Å². The normalized spacial score (nSPS) is 11.0. The lowest BCUT2D eigenvalue weighted by molar-refractivity contribution is -0.386. The molecule has 144 valence electrons. The van der Waals surface area contributed by atoms with Crippen LogP contribution in [-0.2, 0) is 21.3 Å². The molecule has 0 aliphatic rings. The molecule has 0 bridgehead atoms. The van der Waals surface area contributed by atoms with Gasteiger partial charge in [-0.05, 0) is 24.3 Å². The zero-order valence-electron chi connectivity index (χ0n) is 14.0. The van der Waals surface area contributed by atoms with Gasteiger partial charge in [0.15, 0.2) is 0 Å². The monoisotopic (exact) mass is 397 g/mol. The molecule has 2 aromatic rings. The Morgan fingerprint density at radius 3 is 2.44 bits per heavy atom. The molecular weight excluding hydrogens is 382 g/mol. The van der Waals surface area contributed by atoms with E-state index in [-0.39, 0.29) is 23.6 Å². The van der Waals surface area contributed by atoms with Gasteiger partial charge in [-0.2, -0.15) is 0 Å². The number of nitro groups is 1. The number of primary sulfonamides is 1. The lowest BCUT2D eigenvalue weighted by Crippen LogP contribution is -2.26. The van der Waals surface area contributed by atoms with Crippen LogP contribution in [0.2, 0.25) is 0 Å². The number of hydrogen-bond acceptors (Lipinski definition) is 8. The zero-order valence-corrected chi connectivity index (χ0v) is 14.8. The highest BCUT2D eigenvalue weighted by Crippen LogP contribution is 2.15. The number of sulfonamides is 1. The van der Waals surface area contributed by atoms with Crippen molar-refractivity contribution < 1.29 is 27.6 Å². The highest BCUT2D eigenvalue weighted by atomic mass is 32.2. The van der Waals surface area contributed by atoms with E-state index < -0.39 is 32.2 Å². The average Bonchev–Trinajstić information content (AvgIpc) is 2.61. The van der Waals surface area contributed by atoms with Crippen molar-refractivity contribution in [3.05, 3.63) is 62.6 Å². The van der Waals surface area contributed by atoms with Crippen molar-refractivity contribution in [2.45, 2.75) is 11.4 Å². The smallest absolute Gasteiger partial charge is 0.339 e. The number of nitrogens with zero attached hydrogens (tertiary/aromatic N) is 2. The molecule has 2 rings (SSSR count). The molecule has 11 nitrogen and oxygen atoms in total. The van der Waals surface area contributed by atoms with Gasteiger partial charge < -0.3 is 14.0 Å². The summed E-state index contributed by atoms with van der Waals surface area (Å²) in [6.07, 6.45) is 1.13. The highest BCUT2D eigenvalue weighted by Gasteiger charge is 2.20. The molecule has 1 heterocycles. The third kappa shape index (κ3) is 4.89. The number of esters is 1. The second-order valence-electron chi connectivity index (χ2n) is 5.23. The van der Waals surface area contributed by atoms with Crippen molar-refractivity contribution in [3.8, 4) is 5.75 Å². The molecule has 0 saturated heterocycles. The van der Waals surface area contributed by atoms with E-state index in [2.05, 4.69) is 4.74 Å². The maximum absolute atomic E-state index is 12.1. The molecule has 0 amide bonds. The molecular formula is C15H15N3O8S. The molecule has 0 spiro atoms. The van der Waals surface area contributed by atoms with Crippen LogP contribution in [0.4, 0.5) is 5.69 Å². The molecule has 2 N–H and O–H groups in total. The van der Waals surface area contributed by atoms with Crippen LogP contribution in [0, 0.1) is 10.1 Å². The van der Waals surface area contributed by atoms with E-state index in [4.69, 9.17) is 9.88 Å². The first kappa shape index (κ1) is 20.1. The van der Waals surface area contributed by atoms with E-state index in [1.807, 2.05) is 0 Å². The predicted octanol–water partition coefficient (Wildman–Crippen LogP) is 0.270. The standard InChI is InChI=1S/C15H15N3O8S/c1-25-15(20)10-8-13(18(21)22)14(19)17(9-10)6-7-26-11-2-4-12(5-3-11)27(16,23)24/h2-5,8-9H,6-7H2,1H3,(H2,16,23,24). The van der Waals surface area contributed by atoms with Crippen molar-refractivity contribution in [1.29, 1.82) is 0 Å². The van der Waals surface area contributed by atoms with Gasteiger partial charge in [0.25, 0.3) is 0 Å². The van der Waals surface area contributed by atoms with E-state index in [1.54, 1.807) is 0 Å². The second-order valence-corrected chi connectivity index (χ2v) is 6.79. The minimum atomic E-state index is -3.83. The topological polar surface area (TPSA) is 161 Å². The second kappa shape index (κ2) is 7.97. The number of benzene rings is 1. The van der Waals surface area contributed by atoms with E-state index in [9.17, 15) is 28.1 Å². The van der Waals surface area contributed by atoms with Gasteiger partial charge in [-0.25, -0.2) is 18.4 Å². The molecule has 0 atom stereocenters. The molecule has 0 unspecified atom stereocenters. The summed E-state index contributed by atoms with van der Waals surface area (Å²) in [5.41, 5.74) is -1.82. The Morgan fingerprint density at radius 1 is 1.30 bits per heavy atom. The number of rotatable bonds is 7. The van der Waals surface area contributed by atoms with E-state index in [0.717, 1.165) is 23.9 Å². The Hall–Kier alpha value is -3.25. The lowest BCUT2D eigenvalue weighted by Gasteiger charge is -2.10. The van der Waals surface area contributed by atoms with Gasteiger partial charge >= 0.3 is 17.2 Å². The number of pyridine rings is 1. The van der Waals surface area contributed by atoms with Crippen LogP contribution in [0.3, 0.4) is 0 Å². The quantitative estimate of drug-likeness (QED) is 0.395. The zero-order chi connectivity index (χ0) is 20.2. The third-order valence-corrected chi connectivity index (χ3v) is 4.37. The van der Waals surface area contributed by atoms with Crippen molar-refractivity contribution in [2.24, 2.45) is 5.14 Å². The molecule has 0 fully saturated rings. The maximum atomic E-state index is 12.1. The molecule has 27 heavy (non-hydrogen) atoms. The van der Waals surface area contributed by atoms with Gasteiger partial charge in [0.1, 0.15) is 12.4 Å². The Morgan fingerprint density at radius 2 is 1.93 bits per heavy atom. The van der Waals surface area contributed by atoms with Crippen LogP contribution in [0.5, 0.6) is 5.75 Å². The molecule has 12 heteroatoms. The number of carbonyl (C=O) groups is 1. The summed E-state index contributed by atoms with van der Waals surface area (Å²) in [6, 6.07) is 6.09. The van der Waals surface area contributed by atoms with Gasteiger partial charge in [-0.3, -0.25) is 14.9 Å². The number of carbonyl (C=O) groups excluding carboxylic acids is 1. The molecule has 0 aliphatic carbocycles. The summed E-state index contributed by atoms with van der Waals surface area (Å²) in [5.74, 6) is -0.527. The van der Waals surface area contributed by atoms with Gasteiger partial charge in [0.05, 0.1) is 29.0 Å². The van der Waals surface area contributed by atoms with Crippen molar-refractivity contribution in [1.82, 2.24) is 4.57 Å². The summed E-state index contributed by atoms with van der Waals surface area (Å²) >= 11 is 0. The predicted molar refractivity (Wildman–Crippen MR) is 92.0 cm³/mol. The van der Waals surface area contributed by atoms with Gasteiger partial charge in [0.2, 0.25) is 10.0 Å². The summed E-state index contributed by atoms with van der Waals surface area (Å²) in [7, 11) is -2.72. The average molecular weight is 397 g/mol. The summed E-state index contributed by atoms with van der Waals surface area (Å²) in [5, 5.41) is 16.0. The Kier molecular flexibility index (Phi) is 5.92. The van der Waals surface area contributed by atoms with Crippen molar-refractivity contribution in [3.63, 3.8) is 0 Å². The maximum Gasteiger partial charge on any atom is 0.339 e. The lowest BCUT2D eigenvalue weighted by atomic mass is 10.2. The highest BCUT2D eigenvalue weighted by molar-refractivity contribution is 7.89. The molecule has 0 saturated carbocycles. The fourth-order valence-electron chi connectivity index (χ4n) is 2.13. The minimum Gasteiger partial charge on any atom is -0.492 e. The number of methoxy groups -OCH3 is 1. The van der Waals surface area contributed by atoms with Crippen molar-refractivity contribution >= 4 is 21.7 Å². The molecule has 1 aromatic carbocycles. The first-order chi connectivity index (χ1) is 12.6. The molecule has 0 radical (unpaired) electrons. The summed E-state index contributed by atoms with van der Waals surface area (Å²) in [6.45, 7) is -0.169. The number of ether oxygens (including phenoxy) is 2. The van der Waals surface area contributed by atoms with Crippen LogP contribution in [0.1, 0.15) is 10.4 Å². The van der Waals surface area contributed by atoms with Crippen LogP contribution in [0.15, 0.2) is 46.2 Å². The fourth-order valence-corrected chi connectivity index (χ4v) is 2.65. The molecule has 0 aliphatic heterocycles. The first-order valence-corrected chi connectivity index (χ1v) is 8.91. The summed E-state index contributed by atoms with van der Waals surface area (Å²) < 4.78 is 33.2. The Bertz CT molecular complexity index is 1030. The third-order valence-electron chi connectivity index (χ3n) is 3.44. The Labute approximate surface area is 153 Å². The number of hydrogen-bond donors (Lipinski definition) is 1. The SMILES string of the molecule is COC(=O)c1cc([N+](=O)[O-])c(=O)n(CCOc2ccc(S(N)(=O)=O)cc2)c1. The van der Waals surface area contributed by atoms with Gasteiger partial charge in [-0.15, -0.1) is 0 Å². The largest absolute Gasteiger partial charge is 0.492 e. The van der Waals surface area contributed by atoms with Crippen LogP contribution in [-0.4, -0.2) is 37.6 Å². The van der Waals surface area contributed by atoms with Crippen LogP contribution < -0.4 is 15.4 Å². The van der Waals surface area contributed by atoms with Gasteiger partial charge in [-0.1, -0.05) is 0 Å². The summed E-state index contributed by atoms with van der Waals surface area (Å²) in [4.78, 5) is 33.7. The fraction of sp³-hybridized carbons (Fsp3) is 0.200. The Balaban J connectivity index is 2.17. The first-order valence-electron chi connectivity index (χ1n) is 7.36. The van der Waals surface area contributed by atoms with E-state index >= 15 is 0 Å². The van der Waals surface area contributed by atoms with E-state index in [0.29, 0.717) is 5.75 Å². The van der Waals surface area contributed by atoms with E-state index in [1.165, 1.54) is 24.3 Å². The minimum absolute atomic E-state index is 0.0730. The number of nitrogens with two attached hydrogens (primary N) is 1.